The van der Waals surface area contributed by atoms with Crippen LogP contribution >= 0.6 is 0 Å². The smallest absolute Gasteiger partial charge is 0.306 e. The van der Waals surface area contributed by atoms with Crippen LogP contribution in [-0.4, -0.2) is 37.2 Å². The molecule has 6 nitrogen and oxygen atoms in total. The minimum absolute atomic E-state index is 0.0927. The molecule has 386 valence electrons. The summed E-state index contributed by atoms with van der Waals surface area (Å²) in [5, 5.41) is 0. The van der Waals surface area contributed by atoms with Crippen LogP contribution in [0.5, 0.6) is 0 Å². The van der Waals surface area contributed by atoms with Gasteiger partial charge in [-0.15, -0.1) is 0 Å². The minimum Gasteiger partial charge on any atom is -0.462 e. The fourth-order valence-electron chi connectivity index (χ4n) is 7.89. The van der Waals surface area contributed by atoms with Crippen LogP contribution in [0.1, 0.15) is 278 Å². The number of unbranched alkanes of at least 4 members (excludes halogenated alkanes) is 28. The Hall–Kier alpha value is -3.15. The van der Waals surface area contributed by atoms with Gasteiger partial charge < -0.3 is 14.2 Å². The standard InChI is InChI=1S/C61H106O6/c1-4-7-10-13-16-19-22-25-28-30-31-34-36-39-42-45-48-51-54-60(63)66-57-58(56-65-59(62)53-50-47-44-41-38-35-32-27-24-21-18-15-12-9-6-3)67-61(64)55-52-49-46-43-40-37-33-29-26-23-20-17-14-11-8-5-2/h8,11,17,20-21,24,26,29,31,34,37,40,58H,4-7,9-10,12-16,18-19,22-23,25,27-28,30,32-33,35-36,38-39,41-57H2,1-3H3/b11-8-,20-17-,24-21-,29-26-,34-31-,40-37-. The molecule has 0 aliphatic carbocycles. The number of ether oxygens (including phenoxy) is 3. The first-order chi connectivity index (χ1) is 33.0. The van der Waals surface area contributed by atoms with Gasteiger partial charge in [0.2, 0.25) is 0 Å². The van der Waals surface area contributed by atoms with Crippen LogP contribution in [0, 0.1) is 0 Å². The molecular formula is C61H106O6. The zero-order chi connectivity index (χ0) is 48.6. The molecule has 0 rings (SSSR count). The van der Waals surface area contributed by atoms with Gasteiger partial charge in [0, 0.05) is 19.3 Å². The third kappa shape index (κ3) is 53.7. The zero-order valence-electron chi connectivity index (χ0n) is 44.2. The van der Waals surface area contributed by atoms with Crippen molar-refractivity contribution >= 4 is 17.9 Å². The molecule has 67 heavy (non-hydrogen) atoms. The second kappa shape index (κ2) is 55.4. The van der Waals surface area contributed by atoms with E-state index >= 15 is 0 Å². The van der Waals surface area contributed by atoms with E-state index in [9.17, 15) is 14.4 Å². The summed E-state index contributed by atoms with van der Waals surface area (Å²) < 4.78 is 16.8. The van der Waals surface area contributed by atoms with E-state index in [2.05, 4.69) is 93.7 Å². The highest BCUT2D eigenvalue weighted by Gasteiger charge is 2.19. The van der Waals surface area contributed by atoms with E-state index in [1.54, 1.807) is 0 Å². The Morgan fingerprint density at radius 3 is 0.955 bits per heavy atom. The van der Waals surface area contributed by atoms with Crippen molar-refractivity contribution in [2.45, 2.75) is 284 Å². The molecule has 6 heteroatoms. The number of hydrogen-bond acceptors (Lipinski definition) is 6. The van der Waals surface area contributed by atoms with Crippen molar-refractivity contribution in [3.05, 3.63) is 72.9 Å². The van der Waals surface area contributed by atoms with Crippen LogP contribution in [-0.2, 0) is 28.6 Å². The molecule has 1 unspecified atom stereocenters. The molecule has 0 bridgehead atoms. The van der Waals surface area contributed by atoms with Gasteiger partial charge in [0.15, 0.2) is 6.10 Å². The third-order valence-electron chi connectivity index (χ3n) is 12.2. The SMILES string of the molecule is CC/C=C\C/C=C\C/C=C\C/C=C\CCCCCC(=O)OC(COC(=O)CCCCCCC/C=C\CCCCCCCCCCC)COC(=O)CCCCCCCCC/C=C\CCCCCC. The first-order valence-corrected chi connectivity index (χ1v) is 28.4. The molecular weight excluding hydrogens is 829 g/mol. The van der Waals surface area contributed by atoms with Gasteiger partial charge in [-0.1, -0.05) is 222 Å². The fourth-order valence-corrected chi connectivity index (χ4v) is 7.89. The summed E-state index contributed by atoms with van der Waals surface area (Å²) in [7, 11) is 0. The highest BCUT2D eigenvalue weighted by Crippen LogP contribution is 2.15. The lowest BCUT2D eigenvalue weighted by Gasteiger charge is -2.18. The molecule has 0 amide bonds. The first-order valence-electron chi connectivity index (χ1n) is 28.4. The molecule has 0 saturated heterocycles. The van der Waals surface area contributed by atoms with Gasteiger partial charge in [0.25, 0.3) is 0 Å². The number of rotatable bonds is 51. The summed E-state index contributed by atoms with van der Waals surface area (Å²) in [5.41, 5.74) is 0. The molecule has 0 N–H and O–H groups in total. The Morgan fingerprint density at radius 1 is 0.313 bits per heavy atom. The molecule has 0 heterocycles. The van der Waals surface area contributed by atoms with Gasteiger partial charge in [0.1, 0.15) is 13.2 Å². The molecule has 0 radical (unpaired) electrons. The van der Waals surface area contributed by atoms with E-state index in [1.165, 1.54) is 141 Å². The lowest BCUT2D eigenvalue weighted by Crippen LogP contribution is -2.30. The minimum atomic E-state index is -0.797. The number of esters is 3. The van der Waals surface area contributed by atoms with Gasteiger partial charge in [-0.2, -0.15) is 0 Å². The Balaban J connectivity index is 4.44. The number of carbonyl (C=O) groups excluding carboxylic acids is 3. The van der Waals surface area contributed by atoms with E-state index in [4.69, 9.17) is 14.2 Å². The van der Waals surface area contributed by atoms with E-state index < -0.39 is 6.10 Å². The molecule has 0 saturated carbocycles. The normalized spacial score (nSPS) is 12.6. The van der Waals surface area contributed by atoms with E-state index in [1.807, 2.05) is 0 Å². The van der Waals surface area contributed by atoms with E-state index in [-0.39, 0.29) is 37.5 Å². The maximum absolute atomic E-state index is 12.8. The molecule has 0 aromatic carbocycles. The summed E-state index contributed by atoms with van der Waals surface area (Å²) in [6.07, 6.45) is 70.3. The molecule has 0 aliphatic heterocycles. The Kier molecular flexibility index (Phi) is 52.8. The molecule has 0 spiro atoms. The maximum atomic E-state index is 12.8. The van der Waals surface area contributed by atoms with Crippen molar-refractivity contribution in [1.29, 1.82) is 0 Å². The number of hydrogen-bond donors (Lipinski definition) is 0. The molecule has 1 atom stereocenters. The van der Waals surface area contributed by atoms with Crippen LogP contribution < -0.4 is 0 Å². The van der Waals surface area contributed by atoms with Crippen LogP contribution in [0.3, 0.4) is 0 Å². The molecule has 0 aromatic heterocycles. The summed E-state index contributed by atoms with van der Waals surface area (Å²) in [5.74, 6) is -0.930. The van der Waals surface area contributed by atoms with Gasteiger partial charge in [-0.05, 0) is 109 Å². The first kappa shape index (κ1) is 63.8. The van der Waals surface area contributed by atoms with Crippen LogP contribution in [0.15, 0.2) is 72.9 Å². The lowest BCUT2D eigenvalue weighted by molar-refractivity contribution is -0.167. The van der Waals surface area contributed by atoms with Crippen LogP contribution in [0.4, 0.5) is 0 Å². The van der Waals surface area contributed by atoms with Gasteiger partial charge in [-0.3, -0.25) is 14.4 Å². The van der Waals surface area contributed by atoms with Crippen molar-refractivity contribution in [1.82, 2.24) is 0 Å². The van der Waals surface area contributed by atoms with Crippen molar-refractivity contribution in [2.24, 2.45) is 0 Å². The fraction of sp³-hybridized carbons (Fsp3) is 0.754. The maximum Gasteiger partial charge on any atom is 0.306 e. The second-order valence-corrected chi connectivity index (χ2v) is 18.8. The summed E-state index contributed by atoms with van der Waals surface area (Å²) in [6.45, 7) is 6.49. The van der Waals surface area contributed by atoms with Crippen molar-refractivity contribution < 1.29 is 28.6 Å². The molecule has 0 aromatic rings. The second-order valence-electron chi connectivity index (χ2n) is 18.8. The van der Waals surface area contributed by atoms with Gasteiger partial charge in [0.05, 0.1) is 0 Å². The highest BCUT2D eigenvalue weighted by atomic mass is 16.6. The highest BCUT2D eigenvalue weighted by molar-refractivity contribution is 5.71. The largest absolute Gasteiger partial charge is 0.462 e. The van der Waals surface area contributed by atoms with Gasteiger partial charge >= 0.3 is 17.9 Å². The summed E-state index contributed by atoms with van der Waals surface area (Å²) >= 11 is 0. The lowest BCUT2D eigenvalue weighted by atomic mass is 10.1. The Labute approximate surface area is 414 Å². The molecule has 0 aliphatic rings. The average Bonchev–Trinajstić information content (AvgIpc) is 3.33. The zero-order valence-corrected chi connectivity index (χ0v) is 44.2. The summed E-state index contributed by atoms with van der Waals surface area (Å²) in [4.78, 5) is 38.1. The quantitative estimate of drug-likeness (QED) is 0.0262. The average molecular weight is 936 g/mol. The topological polar surface area (TPSA) is 78.9 Å². The van der Waals surface area contributed by atoms with Crippen LogP contribution in [0.25, 0.3) is 0 Å². The van der Waals surface area contributed by atoms with E-state index in [0.717, 1.165) is 96.3 Å². The van der Waals surface area contributed by atoms with Gasteiger partial charge in [-0.25, -0.2) is 0 Å². The number of allylic oxidation sites excluding steroid dienone is 12. The van der Waals surface area contributed by atoms with Crippen molar-refractivity contribution in [3.8, 4) is 0 Å². The monoisotopic (exact) mass is 935 g/mol. The predicted octanol–water partition coefficient (Wildman–Crippen LogP) is 19.0. The van der Waals surface area contributed by atoms with Crippen molar-refractivity contribution in [2.75, 3.05) is 13.2 Å². The van der Waals surface area contributed by atoms with Crippen molar-refractivity contribution in [3.63, 3.8) is 0 Å². The Morgan fingerprint density at radius 2 is 0.582 bits per heavy atom. The molecule has 0 fully saturated rings. The van der Waals surface area contributed by atoms with E-state index in [0.29, 0.717) is 12.8 Å². The summed E-state index contributed by atoms with van der Waals surface area (Å²) in [6, 6.07) is 0. The Bertz CT molecular complexity index is 1260. The third-order valence-corrected chi connectivity index (χ3v) is 12.2. The van der Waals surface area contributed by atoms with Crippen LogP contribution in [0.2, 0.25) is 0 Å². The predicted molar refractivity (Wildman–Crippen MR) is 288 cm³/mol. The number of carbonyl (C=O) groups is 3.